The van der Waals surface area contributed by atoms with Crippen LogP contribution < -0.4 is 21.3 Å². The molecule has 9 aliphatic heterocycles. The second-order valence-electron chi connectivity index (χ2n) is 31.8. The first kappa shape index (κ1) is 82.6. The summed E-state index contributed by atoms with van der Waals surface area (Å²) in [6, 6.07) is 18.1. The van der Waals surface area contributed by atoms with Crippen molar-refractivity contribution in [2.75, 3.05) is 34.5 Å². The van der Waals surface area contributed by atoms with Gasteiger partial charge in [-0.1, -0.05) is 24.3 Å². The normalized spacial score (nSPS) is 20.9. The van der Waals surface area contributed by atoms with Crippen LogP contribution in [0.1, 0.15) is 153 Å². The zero-order valence-electron chi connectivity index (χ0n) is 67.6. The lowest BCUT2D eigenvalue weighted by Crippen LogP contribution is -2.45. The van der Waals surface area contributed by atoms with Gasteiger partial charge in [-0.2, -0.15) is 52.0 Å². The maximum absolute atomic E-state index is 13.1. The molecule has 124 heavy (non-hydrogen) atoms. The smallest absolute Gasteiger partial charge is 0.381 e. The fourth-order valence-corrected chi connectivity index (χ4v) is 18.2. The lowest BCUT2D eigenvalue weighted by atomic mass is 9.96. The van der Waals surface area contributed by atoms with Crippen LogP contribution in [0.3, 0.4) is 0 Å². The number of nitrogens with zero attached hydrogens (tertiary/aromatic N) is 22. The molecule has 4 N–H and O–H groups in total. The van der Waals surface area contributed by atoms with E-state index in [9.17, 15) is 45.5 Å². The van der Waals surface area contributed by atoms with Crippen LogP contribution in [0.25, 0.3) is 22.3 Å². The summed E-state index contributed by atoms with van der Waals surface area (Å²) >= 11 is 1.34. The molecule has 11 aromatic rings. The number of amides is 4. The van der Waals surface area contributed by atoms with Crippen molar-refractivity contribution in [1.82, 2.24) is 104 Å². The van der Waals surface area contributed by atoms with Gasteiger partial charge in [-0.05, 0) is 166 Å². The number of thiophene rings is 1. The average Bonchev–Trinajstić information content (AvgIpc) is 1.63. The Balaban J connectivity index is 0.000000117. The van der Waals surface area contributed by atoms with Gasteiger partial charge in [-0.3, -0.25) is 42.9 Å². The van der Waals surface area contributed by atoms with E-state index in [0.29, 0.717) is 65.6 Å². The summed E-state index contributed by atoms with van der Waals surface area (Å²) < 4.78 is 88.9. The number of nitrogens with one attached hydrogen (secondary N) is 4. The summed E-state index contributed by atoms with van der Waals surface area (Å²) in [7, 11) is 7.37. The first-order valence-corrected chi connectivity index (χ1v) is 41.4. The molecule has 1 aromatic carbocycles. The van der Waals surface area contributed by atoms with Gasteiger partial charge in [0.25, 0.3) is 17.7 Å². The molecule has 5 fully saturated rings. The van der Waals surface area contributed by atoms with Crippen molar-refractivity contribution in [2.45, 2.75) is 144 Å². The summed E-state index contributed by atoms with van der Waals surface area (Å²) in [4.78, 5) is 99.7. The number of hydrogen-bond donors (Lipinski definition) is 4. The van der Waals surface area contributed by atoms with E-state index < -0.39 is 23.5 Å². The van der Waals surface area contributed by atoms with Gasteiger partial charge in [0.05, 0.1) is 129 Å². The molecular formula is C86H84F6N26O5S. The van der Waals surface area contributed by atoms with Crippen LogP contribution in [0.15, 0.2) is 177 Å². The Morgan fingerprint density at radius 1 is 0.452 bits per heavy atom. The second-order valence-corrected chi connectivity index (χ2v) is 32.7. The minimum Gasteiger partial charge on any atom is -0.381 e. The Kier molecular flexibility index (Phi) is 23.3. The van der Waals surface area contributed by atoms with Crippen LogP contribution in [0.5, 0.6) is 0 Å². The van der Waals surface area contributed by atoms with Gasteiger partial charge in [0.15, 0.2) is 0 Å². The van der Waals surface area contributed by atoms with Crippen LogP contribution in [0, 0.1) is 17.2 Å². The predicted octanol–water partition coefficient (Wildman–Crippen LogP) is 13.7. The number of nitriles is 1. The van der Waals surface area contributed by atoms with Crippen molar-refractivity contribution in [3.8, 4) is 6.07 Å². The molecule has 0 radical (unpaired) electrons. The molecule has 8 unspecified atom stereocenters. The van der Waals surface area contributed by atoms with Gasteiger partial charge < -0.3 is 45.6 Å². The lowest BCUT2D eigenvalue weighted by molar-refractivity contribution is -0.139. The van der Waals surface area contributed by atoms with Crippen molar-refractivity contribution in [2.24, 2.45) is 34.1 Å². The lowest BCUT2D eigenvalue weighted by Gasteiger charge is -2.36. The number of carbonyl (C=O) groups excluding carboxylic acids is 4. The first-order valence-electron chi connectivity index (χ1n) is 40.6. The van der Waals surface area contributed by atoms with Gasteiger partial charge in [0, 0.05) is 131 Å². The molecule has 5 saturated heterocycles. The Morgan fingerprint density at radius 2 is 0.815 bits per heavy atom. The highest BCUT2D eigenvalue weighted by Gasteiger charge is 2.46. The van der Waals surface area contributed by atoms with Crippen molar-refractivity contribution in [3.05, 3.63) is 233 Å². The number of hydrogen-bond acceptors (Lipinski definition) is 24. The summed E-state index contributed by atoms with van der Waals surface area (Å²) in [5, 5.41) is 39.9. The number of aryl methyl sites for hydroxylation is 4. The van der Waals surface area contributed by atoms with E-state index in [0.717, 1.165) is 164 Å². The molecule has 31 nitrogen and oxygen atoms in total. The SMILES string of the molecule is Cn1cc(Nc2nccc(C3=CC4CCC(C3)N4C(=O)CC3COC3)n2)cn1.Cn1cc(Nc2nccc(C3=CC4CCC(C3)N4C(=O)c3cc(C#N)cs3)n2)cn1.Cn1cc(Nc2nccc(C3=CC4CCC(C3)N4C(=O)c3ccc(C(F)(F)F)cc3)n2)cn1.Cn1cc(Nc2nccc(C3=CC4CCC(C3)N4C(=O)c3ccc(C(F)(F)F)cn3)n2)cn1. The second kappa shape index (κ2) is 35.0. The fraction of sp³-hybridized carbons (Fsp3) is 0.349. The Labute approximate surface area is 710 Å². The summed E-state index contributed by atoms with van der Waals surface area (Å²) in [5.74, 6) is 2.08. The topological polar surface area (TPSA) is 350 Å². The molecule has 4 amide bonds. The maximum atomic E-state index is 13.1. The number of pyridine rings is 1. The third-order valence-electron chi connectivity index (χ3n) is 23.2. The number of halogens is 6. The van der Waals surface area contributed by atoms with E-state index >= 15 is 0 Å². The van der Waals surface area contributed by atoms with Crippen molar-refractivity contribution < 1.29 is 50.3 Å². The Hall–Kier alpha value is -13.7. The highest BCUT2D eigenvalue weighted by atomic mass is 32.1. The highest BCUT2D eigenvalue weighted by Crippen LogP contribution is 2.45. The number of benzene rings is 1. The Bertz CT molecular complexity index is 5790. The quantitative estimate of drug-likeness (QED) is 0.0615. The van der Waals surface area contributed by atoms with Gasteiger partial charge in [0.1, 0.15) is 11.8 Å². The largest absolute Gasteiger partial charge is 0.417 e. The number of ether oxygens (including phenoxy) is 1. The third kappa shape index (κ3) is 18.5. The minimum absolute atomic E-state index is 0.0155. The number of aromatic nitrogens is 17. The minimum atomic E-state index is -4.49. The zero-order chi connectivity index (χ0) is 86.1. The zero-order valence-corrected chi connectivity index (χ0v) is 68.4. The molecule has 636 valence electrons. The van der Waals surface area contributed by atoms with E-state index in [4.69, 9.17) is 15.0 Å². The molecule has 20 rings (SSSR count). The molecule has 19 heterocycles. The number of carbonyl (C=O) groups is 4. The Morgan fingerprint density at radius 3 is 1.13 bits per heavy atom. The van der Waals surface area contributed by atoms with Crippen molar-refractivity contribution >= 4 is 104 Å². The predicted molar refractivity (Wildman–Crippen MR) is 446 cm³/mol. The van der Waals surface area contributed by atoms with Gasteiger partial charge >= 0.3 is 12.4 Å². The summed E-state index contributed by atoms with van der Waals surface area (Å²) in [6.07, 6.45) is 32.1. The van der Waals surface area contributed by atoms with E-state index in [1.807, 2.05) is 94.3 Å². The molecule has 0 saturated carbocycles. The highest BCUT2D eigenvalue weighted by molar-refractivity contribution is 7.12. The molecule has 8 atom stereocenters. The van der Waals surface area contributed by atoms with E-state index in [-0.39, 0.29) is 83.2 Å². The van der Waals surface area contributed by atoms with Crippen LogP contribution in [0.2, 0.25) is 0 Å². The third-order valence-corrected chi connectivity index (χ3v) is 24.2. The molecule has 8 bridgehead atoms. The standard InChI is InChI=1S/C23H21F3N6O.C22H20F3N7O.C21H19N7OS.C20H24N6O2/c1-31-13-17(12-28-31)29-22-27-9-8-20(30-22)15-10-18-6-7-19(11-15)32(18)21(33)14-2-4-16(5-3-14)23(24,25)26;1-31-12-15(11-28-31)29-21-26-7-6-18(30-21)13-8-16-3-4-17(9-13)32(16)20(33)19-5-2-14(10-27-19)22(23,24)25;1-27-11-15(10-24-27)25-21-23-5-4-18(26-21)14-7-16-2-3-17(8-14)28(16)20(29)19-6-13(9-22)12-30-19;1-25-10-15(9-22-25)23-20-21-5-4-18(24-20)14-7-16-2-3-17(8-14)26(16)19(27)6-13-11-28-12-13/h2-5,8-10,12-13,18-19H,6-7,11H2,1H3,(H,27,29,30);2,5-8,10-12,16-17H,3-4,9H2,1H3,(H,26,29,30);4-7,10-12,16-17H,2-3,8H2,1H3,(H,23,25,26);4-5,7,9-10,13,16-17H,2-3,6,8,11-12H2,1H3,(H,21,23,24). The molecule has 10 aromatic heterocycles. The van der Waals surface area contributed by atoms with Crippen LogP contribution in [0.4, 0.5) is 72.9 Å². The average molecular weight is 1710 g/mol. The van der Waals surface area contributed by atoms with Crippen LogP contribution >= 0.6 is 11.3 Å². The first-order chi connectivity index (χ1) is 59.8. The molecule has 0 spiro atoms. The number of anilines is 8. The fourth-order valence-electron chi connectivity index (χ4n) is 17.4. The molecule has 38 heteroatoms. The maximum Gasteiger partial charge on any atom is 0.417 e. The summed E-state index contributed by atoms with van der Waals surface area (Å²) in [5.41, 5.74) is 10.2. The van der Waals surface area contributed by atoms with Crippen LogP contribution in [-0.4, -0.2) is 189 Å². The monoisotopic (exact) mass is 1710 g/mol. The van der Waals surface area contributed by atoms with Crippen LogP contribution in [-0.2, 0) is 50.1 Å². The van der Waals surface area contributed by atoms with E-state index in [1.165, 1.54) is 29.0 Å². The van der Waals surface area contributed by atoms with Gasteiger partial charge in [-0.25, -0.2) is 39.9 Å². The van der Waals surface area contributed by atoms with E-state index in [2.05, 4.69) is 105 Å². The molecular weight excluding hydrogens is 1620 g/mol. The van der Waals surface area contributed by atoms with Gasteiger partial charge in [-0.15, -0.1) is 11.3 Å². The van der Waals surface area contributed by atoms with Gasteiger partial charge in [0.2, 0.25) is 29.7 Å². The van der Waals surface area contributed by atoms with Crippen molar-refractivity contribution in [1.29, 1.82) is 5.26 Å². The number of alkyl halides is 6. The number of rotatable bonds is 17. The van der Waals surface area contributed by atoms with Crippen molar-refractivity contribution in [3.63, 3.8) is 0 Å². The molecule has 9 aliphatic rings. The number of fused-ring (bicyclic) bond motifs is 8. The van der Waals surface area contributed by atoms with E-state index in [1.54, 1.807) is 89.5 Å². The molecule has 0 aliphatic carbocycles. The summed E-state index contributed by atoms with van der Waals surface area (Å²) in [6.45, 7) is 1.45.